The molecular formula is C24H24N4O4. The van der Waals surface area contributed by atoms with Crippen molar-refractivity contribution >= 4 is 17.7 Å². The number of nitrogens with zero attached hydrogens (tertiary/aromatic N) is 3. The van der Waals surface area contributed by atoms with Crippen LogP contribution in [0.4, 0.5) is 4.79 Å². The van der Waals surface area contributed by atoms with Crippen molar-refractivity contribution in [3.05, 3.63) is 70.2 Å². The summed E-state index contributed by atoms with van der Waals surface area (Å²) in [6.45, 7) is 5.18. The first-order valence-electron chi connectivity index (χ1n) is 10.7. The maximum Gasteiger partial charge on any atom is 0.325 e. The number of carbonyl (C=O) groups excluding carboxylic acids is 3. The fourth-order valence-electron chi connectivity index (χ4n) is 5.04. The Morgan fingerprint density at radius 2 is 1.97 bits per heavy atom. The van der Waals surface area contributed by atoms with Crippen LogP contribution in [0.25, 0.3) is 5.82 Å². The Hall–Kier alpha value is -3.68. The second-order valence-electron chi connectivity index (χ2n) is 8.58. The lowest BCUT2D eigenvalue weighted by molar-refractivity contribution is -0.131. The van der Waals surface area contributed by atoms with Gasteiger partial charge in [-0.25, -0.2) is 4.79 Å². The Kier molecular flexibility index (Phi) is 4.54. The molecule has 5 rings (SSSR count). The van der Waals surface area contributed by atoms with Crippen LogP contribution in [0.5, 0.6) is 0 Å². The van der Waals surface area contributed by atoms with Crippen molar-refractivity contribution in [2.75, 3.05) is 6.54 Å². The summed E-state index contributed by atoms with van der Waals surface area (Å²) in [6.07, 6.45) is 2.19. The SMILES string of the molecule is Cc1cc(-n2c(C)cc(C(=O)CN3C(=O)NC4(CCCc5ccccc54)C3=O)c2C)no1. The van der Waals surface area contributed by atoms with Gasteiger partial charge in [-0.05, 0) is 57.2 Å². The molecule has 2 aliphatic rings. The fourth-order valence-corrected chi connectivity index (χ4v) is 5.04. The highest BCUT2D eigenvalue weighted by Gasteiger charge is 2.54. The summed E-state index contributed by atoms with van der Waals surface area (Å²) in [4.78, 5) is 40.5. The van der Waals surface area contributed by atoms with E-state index in [2.05, 4.69) is 10.5 Å². The molecule has 2 aromatic heterocycles. The van der Waals surface area contributed by atoms with E-state index >= 15 is 0 Å². The van der Waals surface area contributed by atoms with Crippen LogP contribution in [0, 0.1) is 20.8 Å². The third-order valence-corrected chi connectivity index (χ3v) is 6.53. The Bertz CT molecular complexity index is 1270. The van der Waals surface area contributed by atoms with Crippen molar-refractivity contribution in [3.63, 3.8) is 0 Å². The molecule has 3 amide bonds. The lowest BCUT2D eigenvalue weighted by Crippen LogP contribution is -2.46. The van der Waals surface area contributed by atoms with Crippen LogP contribution in [0.3, 0.4) is 0 Å². The van der Waals surface area contributed by atoms with E-state index in [4.69, 9.17) is 4.52 Å². The van der Waals surface area contributed by atoms with Gasteiger partial charge in [0.25, 0.3) is 5.91 Å². The monoisotopic (exact) mass is 432 g/mol. The van der Waals surface area contributed by atoms with Gasteiger partial charge >= 0.3 is 6.03 Å². The maximum absolute atomic E-state index is 13.5. The van der Waals surface area contributed by atoms with Gasteiger partial charge in [0.1, 0.15) is 11.3 Å². The first-order chi connectivity index (χ1) is 15.3. The van der Waals surface area contributed by atoms with E-state index in [0.717, 1.165) is 34.6 Å². The predicted octanol–water partition coefficient (Wildman–Crippen LogP) is 3.36. The molecular weight excluding hydrogens is 408 g/mol. The number of nitrogens with one attached hydrogen (secondary N) is 1. The standard InChI is InChI=1S/C24H24N4O4/c1-14-11-18(16(3)28(14)21-12-15(2)32-26-21)20(29)13-27-22(30)24(25-23(27)31)10-6-8-17-7-4-5-9-19(17)24/h4-5,7,9,11-12H,6,8,10,13H2,1-3H3,(H,25,31). The summed E-state index contributed by atoms with van der Waals surface area (Å²) in [6, 6.07) is 10.7. The van der Waals surface area contributed by atoms with E-state index in [1.165, 1.54) is 0 Å². The Morgan fingerprint density at radius 3 is 2.72 bits per heavy atom. The van der Waals surface area contributed by atoms with E-state index < -0.39 is 11.6 Å². The van der Waals surface area contributed by atoms with E-state index in [9.17, 15) is 14.4 Å². The van der Waals surface area contributed by atoms with Crippen LogP contribution in [-0.4, -0.2) is 38.9 Å². The van der Waals surface area contributed by atoms with Crippen LogP contribution >= 0.6 is 0 Å². The molecule has 0 saturated carbocycles. The third-order valence-electron chi connectivity index (χ3n) is 6.53. The Labute approximate surface area is 185 Å². The number of Topliss-reactive ketones (excluding diaryl/α,β-unsaturated/α-hetero) is 1. The lowest BCUT2D eigenvalue weighted by atomic mass is 9.76. The summed E-state index contributed by atoms with van der Waals surface area (Å²) in [7, 11) is 0. The number of hydrogen-bond donors (Lipinski definition) is 1. The molecule has 1 atom stereocenters. The van der Waals surface area contributed by atoms with Gasteiger partial charge in [-0.1, -0.05) is 29.4 Å². The molecule has 1 saturated heterocycles. The average Bonchev–Trinajstić information content (AvgIpc) is 3.39. The van der Waals surface area contributed by atoms with Gasteiger partial charge in [0.15, 0.2) is 11.6 Å². The number of carbonyl (C=O) groups is 3. The highest BCUT2D eigenvalue weighted by molar-refractivity contribution is 6.12. The molecule has 3 heterocycles. The molecule has 1 aromatic carbocycles. The molecule has 0 radical (unpaired) electrons. The number of ketones is 1. The molecule has 1 aliphatic carbocycles. The van der Waals surface area contributed by atoms with Crippen LogP contribution in [-0.2, 0) is 16.8 Å². The van der Waals surface area contributed by atoms with Crippen LogP contribution in [0.2, 0.25) is 0 Å². The van der Waals surface area contributed by atoms with Crippen LogP contribution in [0.15, 0.2) is 40.9 Å². The van der Waals surface area contributed by atoms with E-state index in [1.54, 1.807) is 19.1 Å². The molecule has 1 fully saturated rings. The highest BCUT2D eigenvalue weighted by atomic mass is 16.5. The fraction of sp³-hybridized carbons (Fsp3) is 0.333. The summed E-state index contributed by atoms with van der Waals surface area (Å²) >= 11 is 0. The molecule has 32 heavy (non-hydrogen) atoms. The summed E-state index contributed by atoms with van der Waals surface area (Å²) < 4.78 is 6.99. The minimum absolute atomic E-state index is 0.297. The Balaban J connectivity index is 1.44. The quantitative estimate of drug-likeness (QED) is 0.504. The van der Waals surface area contributed by atoms with Crippen LogP contribution < -0.4 is 5.32 Å². The molecule has 1 spiro atoms. The van der Waals surface area contributed by atoms with Crippen molar-refractivity contribution in [1.29, 1.82) is 0 Å². The Morgan fingerprint density at radius 1 is 1.19 bits per heavy atom. The zero-order valence-electron chi connectivity index (χ0n) is 18.3. The number of imide groups is 1. The maximum atomic E-state index is 13.5. The van der Waals surface area contributed by atoms with Gasteiger partial charge in [0, 0.05) is 23.0 Å². The number of amides is 3. The van der Waals surface area contributed by atoms with Crippen molar-refractivity contribution in [2.45, 2.75) is 45.6 Å². The number of urea groups is 1. The number of rotatable bonds is 4. The molecule has 1 unspecified atom stereocenters. The zero-order chi connectivity index (χ0) is 22.6. The van der Waals surface area contributed by atoms with Gasteiger partial charge in [0.05, 0.1) is 6.54 Å². The van der Waals surface area contributed by atoms with Gasteiger partial charge in [0.2, 0.25) is 0 Å². The first kappa shape index (κ1) is 20.2. The zero-order valence-corrected chi connectivity index (χ0v) is 18.3. The summed E-state index contributed by atoms with van der Waals surface area (Å²) in [5.41, 5.74) is 2.76. The average molecular weight is 432 g/mol. The van der Waals surface area contributed by atoms with Crippen molar-refractivity contribution in [2.24, 2.45) is 0 Å². The number of hydrogen-bond acceptors (Lipinski definition) is 5. The van der Waals surface area contributed by atoms with Gasteiger partial charge in [-0.2, -0.15) is 0 Å². The second kappa shape index (κ2) is 7.19. The summed E-state index contributed by atoms with van der Waals surface area (Å²) in [5.74, 6) is 0.597. The molecule has 164 valence electrons. The molecule has 1 aliphatic heterocycles. The molecule has 1 N–H and O–H groups in total. The molecule has 8 nitrogen and oxygen atoms in total. The topological polar surface area (TPSA) is 97.4 Å². The minimum atomic E-state index is -1.08. The van der Waals surface area contributed by atoms with E-state index in [1.807, 2.05) is 42.7 Å². The van der Waals surface area contributed by atoms with Crippen molar-refractivity contribution < 1.29 is 18.9 Å². The van der Waals surface area contributed by atoms with Crippen molar-refractivity contribution in [1.82, 2.24) is 19.9 Å². The van der Waals surface area contributed by atoms with E-state index in [-0.39, 0.29) is 18.2 Å². The number of benzene rings is 1. The predicted molar refractivity (Wildman–Crippen MR) is 116 cm³/mol. The number of aryl methyl sites for hydroxylation is 3. The molecule has 8 heteroatoms. The number of aromatic nitrogens is 2. The molecule has 3 aromatic rings. The minimum Gasteiger partial charge on any atom is -0.360 e. The summed E-state index contributed by atoms with van der Waals surface area (Å²) in [5, 5.41) is 6.93. The third kappa shape index (κ3) is 2.90. The lowest BCUT2D eigenvalue weighted by Gasteiger charge is -2.33. The van der Waals surface area contributed by atoms with Gasteiger partial charge in [-0.15, -0.1) is 0 Å². The van der Waals surface area contributed by atoms with Crippen molar-refractivity contribution in [3.8, 4) is 5.82 Å². The second-order valence-corrected chi connectivity index (χ2v) is 8.58. The first-order valence-corrected chi connectivity index (χ1v) is 10.7. The highest BCUT2D eigenvalue weighted by Crippen LogP contribution is 2.40. The largest absolute Gasteiger partial charge is 0.360 e. The number of fused-ring (bicyclic) bond motifs is 2. The van der Waals surface area contributed by atoms with E-state index in [0.29, 0.717) is 29.3 Å². The normalized spacial score (nSPS) is 20.0. The molecule has 0 bridgehead atoms. The smallest absolute Gasteiger partial charge is 0.325 e. The van der Waals surface area contributed by atoms with Gasteiger partial charge < -0.3 is 9.84 Å². The van der Waals surface area contributed by atoms with Gasteiger partial charge in [-0.3, -0.25) is 19.1 Å². The van der Waals surface area contributed by atoms with Crippen LogP contribution in [0.1, 0.15) is 51.5 Å².